The van der Waals surface area contributed by atoms with Crippen LogP contribution >= 0.6 is 0 Å². The van der Waals surface area contributed by atoms with Gasteiger partial charge in [0, 0.05) is 18.1 Å². The number of fused-ring (bicyclic) bond motifs is 2. The van der Waals surface area contributed by atoms with Gasteiger partial charge in [-0.2, -0.15) is 0 Å². The van der Waals surface area contributed by atoms with Gasteiger partial charge in [0.25, 0.3) is 0 Å². The predicted molar refractivity (Wildman–Crippen MR) is 75.8 cm³/mol. The van der Waals surface area contributed by atoms with Crippen molar-refractivity contribution in [2.75, 3.05) is 18.7 Å². The van der Waals surface area contributed by atoms with Crippen LogP contribution in [-0.2, 0) is 0 Å². The van der Waals surface area contributed by atoms with Crippen molar-refractivity contribution in [1.82, 2.24) is 4.98 Å². The molecule has 0 unspecified atom stereocenters. The summed E-state index contributed by atoms with van der Waals surface area (Å²) in [5.41, 5.74) is 0. The first-order valence-corrected chi connectivity index (χ1v) is 6.42. The van der Waals surface area contributed by atoms with Crippen molar-refractivity contribution in [2.45, 2.75) is 13.3 Å². The van der Waals surface area contributed by atoms with Crippen molar-refractivity contribution in [2.24, 2.45) is 0 Å². The lowest BCUT2D eigenvalue weighted by Crippen LogP contribution is -2.02. The minimum Gasteiger partial charge on any atom is -0.454 e. The number of pyridine rings is 1. The van der Waals surface area contributed by atoms with E-state index in [2.05, 4.69) is 22.5 Å². The molecule has 1 aromatic carbocycles. The number of allylic oxidation sites excluding steroid dienone is 1. The molecule has 0 saturated heterocycles. The summed E-state index contributed by atoms with van der Waals surface area (Å²) >= 11 is 0. The van der Waals surface area contributed by atoms with Crippen LogP contribution in [0.15, 0.2) is 36.5 Å². The van der Waals surface area contributed by atoms with E-state index in [1.54, 1.807) is 0 Å². The minimum absolute atomic E-state index is 0.295. The van der Waals surface area contributed by atoms with Crippen LogP contribution in [-0.4, -0.2) is 18.3 Å². The summed E-state index contributed by atoms with van der Waals surface area (Å²) in [4.78, 5) is 4.40. The van der Waals surface area contributed by atoms with Gasteiger partial charge >= 0.3 is 0 Å². The molecule has 0 aliphatic carbocycles. The fraction of sp³-hybridized carbons (Fsp3) is 0.267. The monoisotopic (exact) mass is 256 g/mol. The van der Waals surface area contributed by atoms with Gasteiger partial charge in [0.15, 0.2) is 11.5 Å². The van der Waals surface area contributed by atoms with E-state index in [1.807, 2.05) is 31.3 Å². The standard InChI is InChI=1S/C15H16N2O2/c1-2-3-4-6-16-15-12-9-14-13(18-10-19-14)8-11(12)5-7-17-15/h2-3,5,7-9H,4,6,10H2,1H3,(H,16,17)/b3-2+. The Balaban J connectivity index is 1.91. The van der Waals surface area contributed by atoms with Crippen LogP contribution < -0.4 is 14.8 Å². The highest BCUT2D eigenvalue weighted by Crippen LogP contribution is 2.37. The maximum absolute atomic E-state index is 5.42. The smallest absolute Gasteiger partial charge is 0.231 e. The third kappa shape index (κ3) is 2.34. The second-order valence-corrected chi connectivity index (χ2v) is 4.37. The molecule has 0 fully saturated rings. The van der Waals surface area contributed by atoms with Crippen LogP contribution in [0.3, 0.4) is 0 Å². The van der Waals surface area contributed by atoms with Crippen molar-refractivity contribution in [3.05, 3.63) is 36.5 Å². The molecule has 4 heteroatoms. The van der Waals surface area contributed by atoms with Crippen molar-refractivity contribution < 1.29 is 9.47 Å². The van der Waals surface area contributed by atoms with Gasteiger partial charge in [-0.15, -0.1) is 0 Å². The number of benzene rings is 1. The summed E-state index contributed by atoms with van der Waals surface area (Å²) in [6.07, 6.45) is 6.98. The van der Waals surface area contributed by atoms with E-state index in [-0.39, 0.29) is 0 Å². The van der Waals surface area contributed by atoms with Crippen LogP contribution in [0.5, 0.6) is 11.5 Å². The summed E-state index contributed by atoms with van der Waals surface area (Å²) in [6.45, 7) is 3.19. The van der Waals surface area contributed by atoms with E-state index in [9.17, 15) is 0 Å². The summed E-state index contributed by atoms with van der Waals surface area (Å²) in [5.74, 6) is 2.48. The Morgan fingerprint density at radius 3 is 3.00 bits per heavy atom. The molecule has 98 valence electrons. The lowest BCUT2D eigenvalue weighted by Gasteiger charge is -2.08. The van der Waals surface area contributed by atoms with Crippen LogP contribution in [0.25, 0.3) is 10.8 Å². The molecular weight excluding hydrogens is 240 g/mol. The first-order valence-electron chi connectivity index (χ1n) is 6.42. The van der Waals surface area contributed by atoms with Crippen LogP contribution in [0.2, 0.25) is 0 Å². The zero-order chi connectivity index (χ0) is 13.1. The Bertz CT molecular complexity index is 623. The van der Waals surface area contributed by atoms with Gasteiger partial charge in [-0.3, -0.25) is 0 Å². The maximum atomic E-state index is 5.42. The van der Waals surface area contributed by atoms with E-state index in [4.69, 9.17) is 9.47 Å². The third-order valence-electron chi connectivity index (χ3n) is 3.10. The Morgan fingerprint density at radius 2 is 2.16 bits per heavy atom. The van der Waals surface area contributed by atoms with Crippen LogP contribution in [0, 0.1) is 0 Å². The molecule has 2 heterocycles. The molecule has 0 bridgehead atoms. The molecule has 0 atom stereocenters. The number of nitrogens with one attached hydrogen (secondary N) is 1. The Morgan fingerprint density at radius 1 is 1.32 bits per heavy atom. The molecule has 2 aromatic rings. The quantitative estimate of drug-likeness (QED) is 0.673. The average Bonchev–Trinajstić information content (AvgIpc) is 2.88. The predicted octanol–water partition coefficient (Wildman–Crippen LogP) is 3.34. The Labute approximate surface area is 112 Å². The van der Waals surface area contributed by atoms with Gasteiger partial charge in [-0.05, 0) is 36.9 Å². The number of anilines is 1. The van der Waals surface area contributed by atoms with Gasteiger partial charge in [0.05, 0.1) is 0 Å². The zero-order valence-electron chi connectivity index (χ0n) is 10.8. The number of ether oxygens (including phenoxy) is 2. The van der Waals surface area contributed by atoms with Gasteiger partial charge in [0.2, 0.25) is 6.79 Å². The second kappa shape index (κ2) is 5.18. The highest BCUT2D eigenvalue weighted by atomic mass is 16.7. The van der Waals surface area contributed by atoms with E-state index in [1.165, 1.54) is 0 Å². The Kier molecular flexibility index (Phi) is 3.23. The summed E-state index contributed by atoms with van der Waals surface area (Å²) in [7, 11) is 0. The molecule has 1 N–H and O–H groups in total. The molecule has 19 heavy (non-hydrogen) atoms. The largest absolute Gasteiger partial charge is 0.454 e. The average molecular weight is 256 g/mol. The molecule has 3 rings (SSSR count). The fourth-order valence-electron chi connectivity index (χ4n) is 2.14. The third-order valence-corrected chi connectivity index (χ3v) is 3.10. The number of hydrogen-bond donors (Lipinski definition) is 1. The van der Waals surface area contributed by atoms with E-state index in [0.29, 0.717) is 6.79 Å². The first-order chi connectivity index (χ1) is 9.38. The Hall–Kier alpha value is -2.23. The zero-order valence-corrected chi connectivity index (χ0v) is 10.8. The topological polar surface area (TPSA) is 43.4 Å². The number of nitrogens with zero attached hydrogens (tertiary/aromatic N) is 1. The van der Waals surface area contributed by atoms with Crippen molar-refractivity contribution >= 4 is 16.6 Å². The molecule has 0 amide bonds. The van der Waals surface area contributed by atoms with Gasteiger partial charge in [0.1, 0.15) is 5.82 Å². The molecule has 0 spiro atoms. The first kappa shape index (κ1) is 11.8. The second-order valence-electron chi connectivity index (χ2n) is 4.37. The van der Waals surface area contributed by atoms with Crippen molar-refractivity contribution in [1.29, 1.82) is 0 Å². The summed E-state index contributed by atoms with van der Waals surface area (Å²) in [6, 6.07) is 5.97. The SMILES string of the molecule is C/C=C/CCNc1nccc2cc3c(cc12)OCO3. The fourth-order valence-corrected chi connectivity index (χ4v) is 2.14. The van der Waals surface area contributed by atoms with E-state index in [0.717, 1.165) is 41.1 Å². The van der Waals surface area contributed by atoms with Crippen molar-refractivity contribution in [3.63, 3.8) is 0 Å². The minimum atomic E-state index is 0.295. The highest BCUT2D eigenvalue weighted by Gasteiger charge is 2.15. The van der Waals surface area contributed by atoms with Crippen LogP contribution in [0.4, 0.5) is 5.82 Å². The van der Waals surface area contributed by atoms with Gasteiger partial charge in [-0.1, -0.05) is 12.2 Å². The van der Waals surface area contributed by atoms with Crippen molar-refractivity contribution in [3.8, 4) is 11.5 Å². The summed E-state index contributed by atoms with van der Waals surface area (Å²) in [5, 5.41) is 5.52. The maximum Gasteiger partial charge on any atom is 0.231 e. The molecule has 1 aliphatic heterocycles. The number of aromatic nitrogens is 1. The molecule has 0 saturated carbocycles. The number of hydrogen-bond acceptors (Lipinski definition) is 4. The number of rotatable bonds is 4. The molecule has 1 aliphatic rings. The summed E-state index contributed by atoms with van der Waals surface area (Å²) < 4.78 is 10.8. The van der Waals surface area contributed by atoms with Gasteiger partial charge < -0.3 is 14.8 Å². The normalized spacial score (nSPS) is 13.3. The molecule has 4 nitrogen and oxygen atoms in total. The van der Waals surface area contributed by atoms with Crippen LogP contribution in [0.1, 0.15) is 13.3 Å². The molecule has 0 radical (unpaired) electrons. The van der Waals surface area contributed by atoms with E-state index < -0.39 is 0 Å². The van der Waals surface area contributed by atoms with Gasteiger partial charge in [-0.25, -0.2) is 4.98 Å². The molecular formula is C15H16N2O2. The van der Waals surface area contributed by atoms with E-state index >= 15 is 0 Å². The molecule has 1 aromatic heterocycles. The lowest BCUT2D eigenvalue weighted by molar-refractivity contribution is 0.174. The highest BCUT2D eigenvalue weighted by molar-refractivity contribution is 5.94. The lowest BCUT2D eigenvalue weighted by atomic mass is 10.1.